The number of aliphatic hydroxyl groups is 1. The Morgan fingerprint density at radius 1 is 0.696 bits per heavy atom. The van der Waals surface area contributed by atoms with Crippen LogP contribution in [0.1, 0.15) is 64.2 Å². The van der Waals surface area contributed by atoms with Gasteiger partial charge in [-0.25, -0.2) is 0 Å². The van der Waals surface area contributed by atoms with E-state index in [9.17, 15) is 4.79 Å². The molecule has 0 amide bonds. The van der Waals surface area contributed by atoms with Crippen LogP contribution in [0.5, 0.6) is 0 Å². The zero-order chi connectivity index (χ0) is 17.0. The molecule has 0 aliphatic rings. The lowest BCUT2D eigenvalue weighted by Gasteiger charge is -1.93. The van der Waals surface area contributed by atoms with Crippen molar-refractivity contribution in [3.8, 4) is 0 Å². The Labute approximate surface area is 141 Å². The fourth-order valence-electron chi connectivity index (χ4n) is 1.97. The van der Waals surface area contributed by atoms with E-state index in [-0.39, 0.29) is 6.42 Å². The first kappa shape index (κ1) is 21.4. The van der Waals surface area contributed by atoms with Crippen LogP contribution in [-0.2, 0) is 4.79 Å². The van der Waals surface area contributed by atoms with E-state index in [0.29, 0.717) is 13.0 Å². The van der Waals surface area contributed by atoms with Crippen molar-refractivity contribution in [3.05, 3.63) is 48.6 Å². The molecule has 0 aromatic rings. The molecule has 0 aromatic heterocycles. The third-order valence-electron chi connectivity index (χ3n) is 3.28. The average Bonchev–Trinajstić information content (AvgIpc) is 2.53. The molecule has 0 fully saturated rings. The maximum absolute atomic E-state index is 10.3. The van der Waals surface area contributed by atoms with Gasteiger partial charge in [0.15, 0.2) is 0 Å². The summed E-state index contributed by atoms with van der Waals surface area (Å²) < 4.78 is 0. The molecular formula is C20H32O3. The largest absolute Gasteiger partial charge is 0.481 e. The number of hydrogen-bond acceptors (Lipinski definition) is 2. The van der Waals surface area contributed by atoms with Crippen molar-refractivity contribution in [1.82, 2.24) is 0 Å². The maximum atomic E-state index is 10.3. The van der Waals surface area contributed by atoms with Gasteiger partial charge in [0.2, 0.25) is 0 Å². The second kappa shape index (κ2) is 18.4. The van der Waals surface area contributed by atoms with E-state index in [2.05, 4.69) is 42.5 Å². The molecule has 130 valence electrons. The van der Waals surface area contributed by atoms with Crippen LogP contribution in [0.15, 0.2) is 48.6 Å². The molecule has 0 bridgehead atoms. The van der Waals surface area contributed by atoms with Crippen molar-refractivity contribution in [1.29, 1.82) is 0 Å². The Balaban J connectivity index is 3.40. The minimum absolute atomic E-state index is 0.250. The van der Waals surface area contributed by atoms with E-state index in [4.69, 9.17) is 10.2 Å². The molecule has 0 atom stereocenters. The van der Waals surface area contributed by atoms with Crippen LogP contribution in [0.25, 0.3) is 0 Å². The first-order valence-electron chi connectivity index (χ1n) is 8.71. The molecule has 0 saturated carbocycles. The fraction of sp³-hybridized carbons (Fsp3) is 0.550. The van der Waals surface area contributed by atoms with Gasteiger partial charge in [-0.05, 0) is 51.4 Å². The van der Waals surface area contributed by atoms with Gasteiger partial charge in [-0.15, -0.1) is 0 Å². The predicted octanol–water partition coefficient (Wildman–Crippen LogP) is 5.19. The highest BCUT2D eigenvalue weighted by atomic mass is 16.4. The van der Waals surface area contributed by atoms with Crippen LogP contribution in [-0.4, -0.2) is 22.8 Å². The summed E-state index contributed by atoms with van der Waals surface area (Å²) in [6.07, 6.45) is 26.1. The maximum Gasteiger partial charge on any atom is 0.303 e. The summed E-state index contributed by atoms with van der Waals surface area (Å²) in [4.78, 5) is 10.3. The minimum atomic E-state index is -0.722. The Bertz CT molecular complexity index is 378. The lowest BCUT2D eigenvalue weighted by molar-refractivity contribution is -0.137. The highest BCUT2D eigenvalue weighted by molar-refractivity contribution is 5.66. The SMILES string of the molecule is O=C(O)CCCC=CCC=CC=CCCC=CCCCCCO. The van der Waals surface area contributed by atoms with E-state index < -0.39 is 5.97 Å². The van der Waals surface area contributed by atoms with Gasteiger partial charge < -0.3 is 10.2 Å². The van der Waals surface area contributed by atoms with E-state index in [1.165, 1.54) is 6.42 Å². The molecule has 23 heavy (non-hydrogen) atoms. The predicted molar refractivity (Wildman–Crippen MR) is 97.5 cm³/mol. The second-order valence-electron chi connectivity index (χ2n) is 5.47. The van der Waals surface area contributed by atoms with Gasteiger partial charge >= 0.3 is 5.97 Å². The molecule has 0 aliphatic heterocycles. The Morgan fingerprint density at radius 2 is 1.35 bits per heavy atom. The topological polar surface area (TPSA) is 57.5 Å². The van der Waals surface area contributed by atoms with Crippen LogP contribution < -0.4 is 0 Å². The number of carbonyl (C=O) groups is 1. The summed E-state index contributed by atoms with van der Waals surface area (Å²) in [7, 11) is 0. The molecule has 0 radical (unpaired) electrons. The van der Waals surface area contributed by atoms with Crippen LogP contribution in [0.3, 0.4) is 0 Å². The molecule has 3 heteroatoms. The zero-order valence-electron chi connectivity index (χ0n) is 14.2. The summed E-state index contributed by atoms with van der Waals surface area (Å²) in [6, 6.07) is 0. The average molecular weight is 320 g/mol. The molecule has 3 nitrogen and oxygen atoms in total. The number of hydrogen-bond donors (Lipinski definition) is 2. The number of allylic oxidation sites excluding steroid dienone is 8. The van der Waals surface area contributed by atoms with Crippen molar-refractivity contribution in [3.63, 3.8) is 0 Å². The number of unbranched alkanes of at least 4 members (excludes halogenated alkanes) is 5. The van der Waals surface area contributed by atoms with E-state index in [1.54, 1.807) is 0 Å². The van der Waals surface area contributed by atoms with Crippen molar-refractivity contribution < 1.29 is 15.0 Å². The van der Waals surface area contributed by atoms with Crippen LogP contribution in [0, 0.1) is 0 Å². The third-order valence-corrected chi connectivity index (χ3v) is 3.28. The van der Waals surface area contributed by atoms with Crippen LogP contribution in [0.2, 0.25) is 0 Å². The lowest BCUT2D eigenvalue weighted by Crippen LogP contribution is -1.92. The molecule has 2 N–H and O–H groups in total. The highest BCUT2D eigenvalue weighted by Crippen LogP contribution is 2.02. The molecular weight excluding hydrogens is 288 g/mol. The first-order chi connectivity index (χ1) is 11.3. The molecule has 0 saturated heterocycles. The minimum Gasteiger partial charge on any atom is -0.481 e. The zero-order valence-corrected chi connectivity index (χ0v) is 14.2. The smallest absolute Gasteiger partial charge is 0.303 e. The highest BCUT2D eigenvalue weighted by Gasteiger charge is 1.92. The van der Waals surface area contributed by atoms with Crippen molar-refractivity contribution in [2.45, 2.75) is 64.2 Å². The van der Waals surface area contributed by atoms with Crippen LogP contribution in [0.4, 0.5) is 0 Å². The molecule has 0 aromatic carbocycles. The van der Waals surface area contributed by atoms with Gasteiger partial charge in [-0.1, -0.05) is 55.0 Å². The number of aliphatic carboxylic acids is 1. The van der Waals surface area contributed by atoms with E-state index >= 15 is 0 Å². The number of carboxylic acid groups (broad SMARTS) is 1. The Kier molecular flexibility index (Phi) is 17.1. The number of carboxylic acids is 1. The third kappa shape index (κ3) is 20.4. The van der Waals surface area contributed by atoms with Crippen molar-refractivity contribution >= 4 is 5.97 Å². The molecule has 0 heterocycles. The molecule has 0 spiro atoms. The molecule has 0 aliphatic carbocycles. The van der Waals surface area contributed by atoms with Crippen molar-refractivity contribution in [2.24, 2.45) is 0 Å². The fourth-order valence-corrected chi connectivity index (χ4v) is 1.97. The summed E-state index contributed by atoms with van der Waals surface area (Å²) in [5, 5.41) is 17.1. The summed E-state index contributed by atoms with van der Waals surface area (Å²) >= 11 is 0. The van der Waals surface area contributed by atoms with E-state index in [1.807, 2.05) is 6.08 Å². The van der Waals surface area contributed by atoms with Gasteiger partial charge in [0.05, 0.1) is 0 Å². The van der Waals surface area contributed by atoms with Gasteiger partial charge in [0.25, 0.3) is 0 Å². The standard InChI is InChI=1S/C20H32O3/c21-19-17-15-13-11-9-7-5-3-1-2-4-6-8-10-12-14-16-18-20(22)23/h1-2,4,6-7,9-10,12,21H,3,5,8,11,13-19H2,(H,22,23). The Morgan fingerprint density at radius 3 is 2.13 bits per heavy atom. The molecule has 0 unspecified atom stereocenters. The van der Waals surface area contributed by atoms with Gasteiger partial charge in [0, 0.05) is 13.0 Å². The summed E-state index contributed by atoms with van der Waals surface area (Å²) in [5.74, 6) is -0.722. The number of aliphatic hydroxyl groups excluding tert-OH is 1. The lowest BCUT2D eigenvalue weighted by atomic mass is 10.2. The Hall–Kier alpha value is -1.61. The summed E-state index contributed by atoms with van der Waals surface area (Å²) in [5.41, 5.74) is 0. The van der Waals surface area contributed by atoms with E-state index in [0.717, 1.165) is 44.9 Å². The van der Waals surface area contributed by atoms with Gasteiger partial charge in [-0.2, -0.15) is 0 Å². The van der Waals surface area contributed by atoms with Gasteiger partial charge in [0.1, 0.15) is 0 Å². The monoisotopic (exact) mass is 320 g/mol. The molecule has 0 rings (SSSR count). The van der Waals surface area contributed by atoms with Gasteiger partial charge in [-0.3, -0.25) is 4.79 Å². The quantitative estimate of drug-likeness (QED) is 0.248. The normalized spacial score (nSPS) is 12.4. The van der Waals surface area contributed by atoms with Crippen LogP contribution >= 0.6 is 0 Å². The first-order valence-corrected chi connectivity index (χ1v) is 8.71. The summed E-state index contributed by atoms with van der Waals surface area (Å²) in [6.45, 7) is 0.308. The second-order valence-corrected chi connectivity index (χ2v) is 5.47. The van der Waals surface area contributed by atoms with Crippen molar-refractivity contribution in [2.75, 3.05) is 6.61 Å². The number of rotatable bonds is 15.